The highest BCUT2D eigenvalue weighted by Gasteiger charge is 2.10. The van der Waals surface area contributed by atoms with Crippen LogP contribution in [0.25, 0.3) is 22.3 Å². The second-order valence-corrected chi connectivity index (χ2v) is 8.25. The first-order valence-electron chi connectivity index (χ1n) is 11.9. The Bertz CT molecular complexity index is 1330. The molecule has 1 N–H and O–H groups in total. The molecule has 0 radical (unpaired) electrons. The highest BCUT2D eigenvalue weighted by atomic mass is 16.6. The summed E-state index contributed by atoms with van der Waals surface area (Å²) in [4.78, 5) is 27.0. The molecule has 1 aromatic heterocycles. The van der Waals surface area contributed by atoms with Gasteiger partial charge in [0.25, 0.3) is 5.56 Å². The molecule has 0 fully saturated rings. The van der Waals surface area contributed by atoms with E-state index < -0.39 is 0 Å². The summed E-state index contributed by atoms with van der Waals surface area (Å²) in [5.41, 5.74) is 6.15. The molecule has 35 heavy (non-hydrogen) atoms. The normalized spacial score (nSPS) is 10.7. The van der Waals surface area contributed by atoms with E-state index in [0.717, 1.165) is 46.2 Å². The van der Waals surface area contributed by atoms with Crippen LogP contribution < -0.4 is 10.3 Å². The first-order chi connectivity index (χ1) is 17.1. The van der Waals surface area contributed by atoms with Crippen LogP contribution >= 0.6 is 0 Å². The van der Waals surface area contributed by atoms with Crippen molar-refractivity contribution in [1.29, 1.82) is 0 Å². The van der Waals surface area contributed by atoms with E-state index in [1.54, 1.807) is 13.1 Å². The molecule has 0 aliphatic heterocycles. The minimum atomic E-state index is -0.383. The molecule has 0 aliphatic carbocycles. The van der Waals surface area contributed by atoms with Gasteiger partial charge in [-0.2, -0.15) is 0 Å². The van der Waals surface area contributed by atoms with Gasteiger partial charge in [-0.25, -0.2) is 4.79 Å². The summed E-state index contributed by atoms with van der Waals surface area (Å²) in [6.07, 6.45) is 4.05. The molecule has 178 valence electrons. The third kappa shape index (κ3) is 6.48. The Morgan fingerprint density at radius 1 is 0.829 bits per heavy atom. The topological polar surface area (TPSA) is 68.4 Å². The van der Waals surface area contributed by atoms with Crippen molar-refractivity contribution in [3.63, 3.8) is 0 Å². The third-order valence-electron chi connectivity index (χ3n) is 5.78. The van der Waals surface area contributed by atoms with Gasteiger partial charge in [0.05, 0.1) is 6.61 Å². The lowest BCUT2D eigenvalue weighted by Gasteiger charge is -2.11. The number of benzene rings is 3. The van der Waals surface area contributed by atoms with E-state index in [9.17, 15) is 9.59 Å². The number of hydrogen-bond acceptors (Lipinski definition) is 4. The van der Waals surface area contributed by atoms with Gasteiger partial charge in [0.2, 0.25) is 0 Å². The van der Waals surface area contributed by atoms with Gasteiger partial charge in [0, 0.05) is 11.8 Å². The molecule has 0 spiro atoms. The molecule has 0 saturated heterocycles. The van der Waals surface area contributed by atoms with Crippen LogP contribution in [-0.4, -0.2) is 24.2 Å². The van der Waals surface area contributed by atoms with E-state index in [1.165, 1.54) is 0 Å². The standard InChI is InChI=1S/C30H29NO4/c1-2-34-29(32)21-35-26-15-9-11-22(18-26)10-8-14-24-19-25(20-31-30(24)33)28-17-7-6-16-27(28)23-12-4-3-5-13-23/h3-7,9,11-13,15-20H,2,8,10,14,21H2,1H3,(H,31,33). The summed E-state index contributed by atoms with van der Waals surface area (Å²) < 4.78 is 10.4. The Balaban J connectivity index is 1.44. The lowest BCUT2D eigenvalue weighted by atomic mass is 9.94. The van der Waals surface area contributed by atoms with Crippen LogP contribution in [0.15, 0.2) is 95.9 Å². The van der Waals surface area contributed by atoms with E-state index >= 15 is 0 Å². The number of rotatable bonds is 10. The maximum Gasteiger partial charge on any atom is 0.344 e. The molecule has 4 aromatic rings. The first kappa shape index (κ1) is 24.0. The van der Waals surface area contributed by atoms with Crippen molar-refractivity contribution in [2.24, 2.45) is 0 Å². The molecule has 5 nitrogen and oxygen atoms in total. The Morgan fingerprint density at radius 3 is 2.34 bits per heavy atom. The highest BCUT2D eigenvalue weighted by molar-refractivity contribution is 5.83. The summed E-state index contributed by atoms with van der Waals surface area (Å²) >= 11 is 0. The van der Waals surface area contributed by atoms with Gasteiger partial charge in [-0.3, -0.25) is 4.79 Å². The number of H-pyrrole nitrogens is 1. The van der Waals surface area contributed by atoms with Crippen molar-refractivity contribution in [3.05, 3.63) is 113 Å². The molecule has 1 heterocycles. The van der Waals surface area contributed by atoms with Crippen LogP contribution in [0.3, 0.4) is 0 Å². The van der Waals surface area contributed by atoms with Gasteiger partial charge in [-0.15, -0.1) is 0 Å². The van der Waals surface area contributed by atoms with Crippen molar-refractivity contribution in [1.82, 2.24) is 4.98 Å². The zero-order chi connectivity index (χ0) is 24.5. The molecule has 0 unspecified atom stereocenters. The van der Waals surface area contributed by atoms with Gasteiger partial charge in [-0.05, 0) is 72.2 Å². The zero-order valence-corrected chi connectivity index (χ0v) is 19.8. The van der Waals surface area contributed by atoms with Gasteiger partial charge < -0.3 is 14.5 Å². The molecule has 3 aromatic carbocycles. The van der Waals surface area contributed by atoms with Crippen molar-refractivity contribution in [3.8, 4) is 28.0 Å². The Hall–Kier alpha value is -4.12. The SMILES string of the molecule is CCOC(=O)COc1cccc(CCCc2cc(-c3ccccc3-c3ccccc3)c[nH]c2=O)c1. The minimum Gasteiger partial charge on any atom is -0.482 e. The summed E-state index contributed by atoms with van der Waals surface area (Å²) in [5, 5.41) is 0. The van der Waals surface area contributed by atoms with E-state index in [1.807, 2.05) is 60.7 Å². The third-order valence-corrected chi connectivity index (χ3v) is 5.78. The predicted molar refractivity (Wildman–Crippen MR) is 139 cm³/mol. The monoisotopic (exact) mass is 467 g/mol. The molecular weight excluding hydrogens is 438 g/mol. The van der Waals surface area contributed by atoms with Gasteiger partial charge in [0.1, 0.15) is 5.75 Å². The average Bonchev–Trinajstić information content (AvgIpc) is 2.89. The lowest BCUT2D eigenvalue weighted by Crippen LogP contribution is -2.14. The predicted octanol–water partition coefficient (Wildman–Crippen LogP) is 5.83. The summed E-state index contributed by atoms with van der Waals surface area (Å²) in [5.74, 6) is 0.249. The molecule has 0 amide bonds. The Kier molecular flexibility index (Phi) is 8.12. The smallest absolute Gasteiger partial charge is 0.344 e. The number of hydrogen-bond donors (Lipinski definition) is 1. The van der Waals surface area contributed by atoms with Crippen molar-refractivity contribution < 1.29 is 14.3 Å². The lowest BCUT2D eigenvalue weighted by molar-refractivity contribution is -0.145. The average molecular weight is 468 g/mol. The first-order valence-corrected chi connectivity index (χ1v) is 11.9. The number of esters is 1. The molecule has 0 saturated carbocycles. The van der Waals surface area contributed by atoms with E-state index in [2.05, 4.69) is 29.2 Å². The minimum absolute atomic E-state index is 0.0579. The van der Waals surface area contributed by atoms with Gasteiger partial charge in [-0.1, -0.05) is 66.7 Å². The second kappa shape index (κ2) is 11.8. The highest BCUT2D eigenvalue weighted by Crippen LogP contribution is 2.31. The molecule has 5 heteroatoms. The van der Waals surface area contributed by atoms with Crippen LogP contribution in [0.5, 0.6) is 5.75 Å². The van der Waals surface area contributed by atoms with Crippen molar-refractivity contribution in [2.45, 2.75) is 26.2 Å². The van der Waals surface area contributed by atoms with Crippen molar-refractivity contribution in [2.75, 3.05) is 13.2 Å². The van der Waals surface area contributed by atoms with Crippen LogP contribution in [0.1, 0.15) is 24.5 Å². The molecule has 4 rings (SSSR count). The van der Waals surface area contributed by atoms with Gasteiger partial charge >= 0.3 is 5.97 Å². The Labute approximate surface area is 205 Å². The number of aromatic amines is 1. The summed E-state index contributed by atoms with van der Waals surface area (Å²) in [7, 11) is 0. The molecule has 0 aliphatic rings. The Morgan fingerprint density at radius 2 is 1.57 bits per heavy atom. The van der Waals surface area contributed by atoms with Crippen LogP contribution in [0, 0.1) is 0 Å². The number of carbonyl (C=O) groups excluding carboxylic acids is 1. The maximum atomic E-state index is 12.5. The van der Waals surface area contributed by atoms with E-state index in [-0.39, 0.29) is 18.1 Å². The second-order valence-electron chi connectivity index (χ2n) is 8.25. The quantitative estimate of drug-likeness (QED) is 0.298. The van der Waals surface area contributed by atoms with E-state index in [0.29, 0.717) is 18.8 Å². The fraction of sp³-hybridized carbons (Fsp3) is 0.200. The van der Waals surface area contributed by atoms with Crippen LogP contribution in [0.4, 0.5) is 0 Å². The van der Waals surface area contributed by atoms with Crippen molar-refractivity contribution >= 4 is 5.97 Å². The number of carbonyl (C=O) groups is 1. The number of ether oxygens (including phenoxy) is 2. The fourth-order valence-corrected chi connectivity index (χ4v) is 4.10. The molecule has 0 atom stereocenters. The molecule has 0 bridgehead atoms. The van der Waals surface area contributed by atoms with Gasteiger partial charge in [0.15, 0.2) is 6.61 Å². The summed E-state index contributed by atoms with van der Waals surface area (Å²) in [6.45, 7) is 1.99. The summed E-state index contributed by atoms with van der Waals surface area (Å²) in [6, 6.07) is 28.2. The number of nitrogens with one attached hydrogen (secondary N) is 1. The number of pyridine rings is 1. The van der Waals surface area contributed by atoms with Crippen LogP contribution in [-0.2, 0) is 22.4 Å². The molecular formula is C30H29NO4. The fourth-order valence-electron chi connectivity index (χ4n) is 4.10. The largest absolute Gasteiger partial charge is 0.482 e. The van der Waals surface area contributed by atoms with Crippen LogP contribution in [0.2, 0.25) is 0 Å². The number of aryl methyl sites for hydroxylation is 2. The van der Waals surface area contributed by atoms with E-state index in [4.69, 9.17) is 9.47 Å². The number of aromatic nitrogens is 1. The zero-order valence-electron chi connectivity index (χ0n) is 19.8. The maximum absolute atomic E-state index is 12.5.